The van der Waals surface area contributed by atoms with Crippen LogP contribution in [0.25, 0.3) is 0 Å². The van der Waals surface area contributed by atoms with Crippen molar-refractivity contribution in [2.75, 3.05) is 26.2 Å². The number of aromatic nitrogens is 1. The van der Waals surface area contributed by atoms with E-state index in [1.54, 1.807) is 15.2 Å². The predicted octanol–water partition coefficient (Wildman–Crippen LogP) is 0.639. The van der Waals surface area contributed by atoms with Crippen LogP contribution in [0, 0.1) is 11.8 Å². The number of likely N-dealkylation sites (tertiary alicyclic amines) is 1. The van der Waals surface area contributed by atoms with Crippen LogP contribution < -0.4 is 0 Å². The molecule has 1 aromatic rings. The highest BCUT2D eigenvalue weighted by Crippen LogP contribution is 2.38. The molecule has 0 radical (unpaired) electrons. The number of amides is 1. The lowest BCUT2D eigenvalue weighted by atomic mass is 10.0. The Labute approximate surface area is 127 Å². The van der Waals surface area contributed by atoms with Gasteiger partial charge in [-0.2, -0.15) is 0 Å². The maximum Gasteiger partial charge on any atom is 0.273 e. The van der Waals surface area contributed by atoms with E-state index in [9.17, 15) is 13.2 Å². The van der Waals surface area contributed by atoms with E-state index in [2.05, 4.69) is 4.98 Å². The second kappa shape index (κ2) is 4.76. The van der Waals surface area contributed by atoms with Gasteiger partial charge in [0, 0.05) is 31.6 Å². The lowest BCUT2D eigenvalue weighted by molar-refractivity contribution is 0.0774. The molecule has 0 unspecified atom stereocenters. The molecule has 0 bridgehead atoms. The molecule has 0 aromatic carbocycles. The first-order valence-corrected chi connectivity index (χ1v) is 9.66. The molecule has 0 N–H and O–H groups in total. The van der Waals surface area contributed by atoms with Crippen LogP contribution in [0.2, 0.25) is 0 Å². The molecule has 3 fully saturated rings. The van der Waals surface area contributed by atoms with Crippen LogP contribution in [-0.2, 0) is 10.0 Å². The molecule has 2 atom stereocenters. The largest absolute Gasteiger partial charge is 0.337 e. The number of carbonyl (C=O) groups excluding carboxylic acids is 1. The topological polar surface area (TPSA) is 70.6 Å². The van der Waals surface area contributed by atoms with E-state index in [1.807, 2.05) is 4.90 Å². The average Bonchev–Trinajstić information content (AvgIpc) is 2.89. The first-order chi connectivity index (χ1) is 10.1. The van der Waals surface area contributed by atoms with Gasteiger partial charge in [-0.3, -0.25) is 4.79 Å². The maximum absolute atomic E-state index is 12.3. The summed E-state index contributed by atoms with van der Waals surface area (Å²) in [5.74, 6) is 0.532. The van der Waals surface area contributed by atoms with Crippen molar-refractivity contribution in [1.82, 2.24) is 14.2 Å². The third-order valence-electron chi connectivity index (χ3n) is 4.70. The molecule has 2 aliphatic heterocycles. The van der Waals surface area contributed by atoms with E-state index in [1.165, 1.54) is 11.3 Å². The predicted molar refractivity (Wildman–Crippen MR) is 78.5 cm³/mol. The molecule has 3 heterocycles. The fraction of sp³-hybridized carbons (Fsp3) is 0.692. The number of rotatable bonds is 3. The minimum absolute atomic E-state index is 0.0257. The van der Waals surface area contributed by atoms with Gasteiger partial charge in [0.2, 0.25) is 10.0 Å². The van der Waals surface area contributed by atoms with Crippen LogP contribution in [-0.4, -0.2) is 59.9 Å². The summed E-state index contributed by atoms with van der Waals surface area (Å²) in [5.41, 5.74) is 2.16. The van der Waals surface area contributed by atoms with Gasteiger partial charge in [0.1, 0.15) is 5.69 Å². The summed E-state index contributed by atoms with van der Waals surface area (Å²) >= 11 is 1.42. The van der Waals surface area contributed by atoms with Gasteiger partial charge in [-0.25, -0.2) is 17.7 Å². The fourth-order valence-corrected chi connectivity index (χ4v) is 5.86. The van der Waals surface area contributed by atoms with Gasteiger partial charge in [-0.15, -0.1) is 11.3 Å². The zero-order valence-electron chi connectivity index (χ0n) is 11.5. The Balaban J connectivity index is 1.43. The van der Waals surface area contributed by atoms with Crippen LogP contribution in [0.5, 0.6) is 0 Å². The minimum atomic E-state index is -3.07. The van der Waals surface area contributed by atoms with E-state index < -0.39 is 10.0 Å². The van der Waals surface area contributed by atoms with Crippen molar-refractivity contribution < 1.29 is 13.2 Å². The van der Waals surface area contributed by atoms with E-state index in [0.717, 1.165) is 12.8 Å². The third-order valence-corrected chi connectivity index (χ3v) is 7.62. The van der Waals surface area contributed by atoms with E-state index in [4.69, 9.17) is 0 Å². The molecular weight excluding hydrogens is 310 g/mol. The highest BCUT2D eigenvalue weighted by Gasteiger charge is 2.49. The number of fused-ring (bicyclic) bond motifs is 1. The average molecular weight is 327 g/mol. The summed E-state index contributed by atoms with van der Waals surface area (Å²) in [5, 5.41) is 1.63. The van der Waals surface area contributed by atoms with Gasteiger partial charge in [0.15, 0.2) is 0 Å². The van der Waals surface area contributed by atoms with Crippen molar-refractivity contribution in [3.8, 4) is 0 Å². The molecule has 2 saturated heterocycles. The van der Waals surface area contributed by atoms with Crippen molar-refractivity contribution in [1.29, 1.82) is 0 Å². The van der Waals surface area contributed by atoms with Crippen molar-refractivity contribution in [3.05, 3.63) is 16.6 Å². The zero-order valence-corrected chi connectivity index (χ0v) is 13.1. The van der Waals surface area contributed by atoms with Gasteiger partial charge in [-0.1, -0.05) is 0 Å². The summed E-state index contributed by atoms with van der Waals surface area (Å²) in [6.45, 7) is 2.45. The monoisotopic (exact) mass is 327 g/mol. The Kier molecular flexibility index (Phi) is 3.09. The number of carbonyl (C=O) groups is 1. The van der Waals surface area contributed by atoms with Crippen LogP contribution in [0.3, 0.4) is 0 Å². The van der Waals surface area contributed by atoms with Gasteiger partial charge in [-0.05, 0) is 24.7 Å². The van der Waals surface area contributed by atoms with Gasteiger partial charge in [0.25, 0.3) is 5.91 Å². The number of thiazole rings is 1. The molecule has 1 amide bonds. The summed E-state index contributed by atoms with van der Waals surface area (Å²) in [7, 11) is -3.07. The Bertz CT molecular complexity index is 640. The first-order valence-electron chi connectivity index (χ1n) is 7.22. The Morgan fingerprint density at radius 1 is 1.19 bits per heavy atom. The van der Waals surface area contributed by atoms with Crippen molar-refractivity contribution in [2.45, 2.75) is 18.1 Å². The van der Waals surface area contributed by atoms with Crippen molar-refractivity contribution >= 4 is 27.3 Å². The highest BCUT2D eigenvalue weighted by molar-refractivity contribution is 7.90. The molecule has 0 spiro atoms. The van der Waals surface area contributed by atoms with Crippen LogP contribution >= 0.6 is 11.3 Å². The van der Waals surface area contributed by atoms with E-state index >= 15 is 0 Å². The molecular formula is C13H17N3O3S2. The van der Waals surface area contributed by atoms with Gasteiger partial charge < -0.3 is 4.90 Å². The van der Waals surface area contributed by atoms with Gasteiger partial charge in [0.05, 0.1) is 10.8 Å². The number of nitrogens with zero attached hydrogens (tertiary/aromatic N) is 3. The van der Waals surface area contributed by atoms with Gasteiger partial charge >= 0.3 is 0 Å². The third kappa shape index (κ3) is 2.29. The smallest absolute Gasteiger partial charge is 0.273 e. The molecule has 6 nitrogen and oxygen atoms in total. The van der Waals surface area contributed by atoms with Crippen molar-refractivity contribution in [2.24, 2.45) is 11.8 Å². The fourth-order valence-electron chi connectivity index (χ4n) is 3.38. The number of hydrogen-bond acceptors (Lipinski definition) is 5. The standard InChI is InChI=1S/C13H17N3O3S2/c17-13(12-7-20-8-14-12)15-3-9-5-16(6-10(9)4-15)21(18,19)11-1-2-11/h7-11H,1-6H2/t9-,10+. The molecule has 4 rings (SSSR count). The zero-order chi connectivity index (χ0) is 14.6. The molecule has 3 aliphatic rings. The lowest BCUT2D eigenvalue weighted by Crippen LogP contribution is -2.37. The van der Waals surface area contributed by atoms with Crippen LogP contribution in [0.1, 0.15) is 23.3 Å². The highest BCUT2D eigenvalue weighted by atomic mass is 32.2. The molecule has 1 aromatic heterocycles. The maximum atomic E-state index is 12.3. The Hall–Kier alpha value is -0.990. The summed E-state index contributed by atoms with van der Waals surface area (Å²) in [6.07, 6.45) is 1.62. The Morgan fingerprint density at radius 3 is 2.38 bits per heavy atom. The molecule has 21 heavy (non-hydrogen) atoms. The molecule has 8 heteroatoms. The van der Waals surface area contributed by atoms with E-state index in [0.29, 0.717) is 31.9 Å². The minimum Gasteiger partial charge on any atom is -0.337 e. The first kappa shape index (κ1) is 13.7. The van der Waals surface area contributed by atoms with Crippen LogP contribution in [0.4, 0.5) is 0 Å². The lowest BCUT2D eigenvalue weighted by Gasteiger charge is -2.21. The second-order valence-electron chi connectivity index (χ2n) is 6.17. The van der Waals surface area contributed by atoms with Crippen molar-refractivity contribution in [3.63, 3.8) is 0 Å². The SMILES string of the molecule is O=C(c1cscn1)N1C[C@@H]2CN(S(=O)(=O)C3CC3)C[C@@H]2C1. The molecule has 114 valence electrons. The summed E-state index contributed by atoms with van der Waals surface area (Å²) in [6, 6.07) is 0. The number of sulfonamides is 1. The number of hydrogen-bond donors (Lipinski definition) is 0. The summed E-state index contributed by atoms with van der Waals surface area (Å²) in [4.78, 5) is 18.2. The van der Waals surface area contributed by atoms with E-state index in [-0.39, 0.29) is 23.0 Å². The second-order valence-corrected chi connectivity index (χ2v) is 9.10. The quantitative estimate of drug-likeness (QED) is 0.817. The Morgan fingerprint density at radius 2 is 1.86 bits per heavy atom. The molecule has 1 aliphatic carbocycles. The molecule has 1 saturated carbocycles. The summed E-state index contributed by atoms with van der Waals surface area (Å²) < 4.78 is 26.2. The van der Waals surface area contributed by atoms with Crippen LogP contribution in [0.15, 0.2) is 10.9 Å². The normalized spacial score (nSPS) is 29.8.